The van der Waals surface area contributed by atoms with E-state index in [1.54, 1.807) is 24.3 Å². The summed E-state index contributed by atoms with van der Waals surface area (Å²) < 4.78 is 5.64. The van der Waals surface area contributed by atoms with Crippen LogP contribution in [-0.2, 0) is 0 Å². The third-order valence-corrected chi connectivity index (χ3v) is 3.75. The molecule has 0 saturated heterocycles. The SMILES string of the molecule is Clc1cc(Cl)c2oc3cc(Cl)c(Cl)cc3c2c1. The summed E-state index contributed by atoms with van der Waals surface area (Å²) in [4.78, 5) is 0. The van der Waals surface area contributed by atoms with E-state index in [9.17, 15) is 0 Å². The molecule has 0 fully saturated rings. The molecule has 5 heteroatoms. The van der Waals surface area contributed by atoms with Gasteiger partial charge in [0.2, 0.25) is 0 Å². The molecule has 0 radical (unpaired) electrons. The first kappa shape index (κ1) is 11.5. The van der Waals surface area contributed by atoms with E-state index in [0.717, 1.165) is 10.8 Å². The Balaban J connectivity index is 2.55. The summed E-state index contributed by atoms with van der Waals surface area (Å²) in [6, 6.07) is 6.84. The van der Waals surface area contributed by atoms with E-state index in [4.69, 9.17) is 50.8 Å². The van der Waals surface area contributed by atoms with Crippen LogP contribution in [0.25, 0.3) is 21.9 Å². The molecule has 0 aliphatic heterocycles. The van der Waals surface area contributed by atoms with Gasteiger partial charge in [-0.1, -0.05) is 46.4 Å². The Morgan fingerprint density at radius 1 is 0.706 bits per heavy atom. The number of rotatable bonds is 0. The number of furan rings is 1. The monoisotopic (exact) mass is 304 g/mol. The molecule has 2 aromatic carbocycles. The number of hydrogen-bond donors (Lipinski definition) is 0. The van der Waals surface area contributed by atoms with E-state index in [0.29, 0.717) is 31.3 Å². The molecule has 0 bridgehead atoms. The lowest BCUT2D eigenvalue weighted by atomic mass is 10.1. The predicted molar refractivity (Wildman–Crippen MR) is 73.8 cm³/mol. The highest BCUT2D eigenvalue weighted by atomic mass is 35.5. The standard InChI is InChI=1S/C12H4Cl4O/c13-5-1-7-6-3-8(14)9(15)4-11(6)17-12(7)10(16)2-5/h1-4H. The maximum Gasteiger partial charge on any atom is 0.154 e. The molecule has 1 heterocycles. The van der Waals surface area contributed by atoms with E-state index >= 15 is 0 Å². The van der Waals surface area contributed by atoms with Gasteiger partial charge >= 0.3 is 0 Å². The Kier molecular flexibility index (Phi) is 2.68. The minimum absolute atomic E-state index is 0.445. The van der Waals surface area contributed by atoms with Crippen molar-refractivity contribution in [2.24, 2.45) is 0 Å². The predicted octanol–water partition coefficient (Wildman–Crippen LogP) is 6.20. The summed E-state index contributed by atoms with van der Waals surface area (Å²) in [5.41, 5.74) is 1.22. The van der Waals surface area contributed by atoms with E-state index in [1.165, 1.54) is 0 Å². The highest BCUT2D eigenvalue weighted by Crippen LogP contribution is 2.38. The van der Waals surface area contributed by atoms with Crippen molar-refractivity contribution >= 4 is 68.3 Å². The Hall–Kier alpha value is -0.600. The van der Waals surface area contributed by atoms with Gasteiger partial charge in [0, 0.05) is 21.9 Å². The molecule has 0 amide bonds. The summed E-state index contributed by atoms with van der Waals surface area (Å²) >= 11 is 24.0. The normalized spacial score (nSPS) is 11.5. The van der Waals surface area contributed by atoms with Crippen LogP contribution in [0.15, 0.2) is 28.7 Å². The van der Waals surface area contributed by atoms with Gasteiger partial charge < -0.3 is 4.42 Å². The number of halogens is 4. The molecule has 0 atom stereocenters. The molecule has 1 nitrogen and oxygen atoms in total. The second kappa shape index (κ2) is 3.96. The maximum absolute atomic E-state index is 6.07. The lowest BCUT2D eigenvalue weighted by Gasteiger charge is -1.95. The van der Waals surface area contributed by atoms with Crippen LogP contribution in [0.1, 0.15) is 0 Å². The highest BCUT2D eigenvalue weighted by molar-refractivity contribution is 6.43. The first-order valence-electron chi connectivity index (χ1n) is 4.72. The van der Waals surface area contributed by atoms with Gasteiger partial charge in [0.15, 0.2) is 5.58 Å². The summed E-state index contributed by atoms with van der Waals surface area (Å²) in [6.45, 7) is 0. The molecule has 0 spiro atoms. The van der Waals surface area contributed by atoms with Crippen molar-refractivity contribution in [3.05, 3.63) is 44.4 Å². The largest absolute Gasteiger partial charge is 0.454 e. The third-order valence-electron chi connectivity index (χ3n) is 2.53. The molecule has 3 rings (SSSR count). The Labute approximate surface area is 117 Å². The first-order chi connectivity index (χ1) is 8.06. The average molecular weight is 306 g/mol. The second-order valence-corrected chi connectivity index (χ2v) is 5.29. The van der Waals surface area contributed by atoms with E-state index < -0.39 is 0 Å². The van der Waals surface area contributed by atoms with Crippen molar-refractivity contribution in [3.63, 3.8) is 0 Å². The fourth-order valence-electron chi connectivity index (χ4n) is 1.80. The van der Waals surface area contributed by atoms with Crippen LogP contribution in [0.2, 0.25) is 20.1 Å². The zero-order chi connectivity index (χ0) is 12.2. The van der Waals surface area contributed by atoms with Crippen molar-refractivity contribution < 1.29 is 4.42 Å². The van der Waals surface area contributed by atoms with Gasteiger partial charge in [-0.05, 0) is 18.2 Å². The summed E-state index contributed by atoms with van der Waals surface area (Å²) in [5.74, 6) is 0. The van der Waals surface area contributed by atoms with Crippen LogP contribution >= 0.6 is 46.4 Å². The van der Waals surface area contributed by atoms with Crippen LogP contribution < -0.4 is 0 Å². The smallest absolute Gasteiger partial charge is 0.154 e. The fraction of sp³-hybridized carbons (Fsp3) is 0. The van der Waals surface area contributed by atoms with E-state index in [2.05, 4.69) is 0 Å². The maximum atomic E-state index is 6.07. The molecular formula is C12H4Cl4O. The van der Waals surface area contributed by atoms with Crippen LogP contribution in [0, 0.1) is 0 Å². The zero-order valence-electron chi connectivity index (χ0n) is 8.23. The third kappa shape index (κ3) is 1.78. The van der Waals surface area contributed by atoms with Gasteiger partial charge in [-0.25, -0.2) is 0 Å². The molecule has 0 aliphatic rings. The number of hydrogen-bond acceptors (Lipinski definition) is 1. The van der Waals surface area contributed by atoms with Gasteiger partial charge in [0.25, 0.3) is 0 Å². The van der Waals surface area contributed by atoms with E-state index in [-0.39, 0.29) is 0 Å². The zero-order valence-corrected chi connectivity index (χ0v) is 11.3. The van der Waals surface area contributed by atoms with Crippen molar-refractivity contribution in [2.45, 2.75) is 0 Å². The van der Waals surface area contributed by atoms with Crippen molar-refractivity contribution in [1.82, 2.24) is 0 Å². The summed E-state index contributed by atoms with van der Waals surface area (Å²) in [6.07, 6.45) is 0. The average Bonchev–Trinajstić information content (AvgIpc) is 2.58. The van der Waals surface area contributed by atoms with Crippen molar-refractivity contribution in [1.29, 1.82) is 0 Å². The van der Waals surface area contributed by atoms with Gasteiger partial charge in [-0.15, -0.1) is 0 Å². The Morgan fingerprint density at radius 3 is 2.18 bits per heavy atom. The number of benzene rings is 2. The quantitative estimate of drug-likeness (QED) is 0.482. The lowest BCUT2D eigenvalue weighted by Crippen LogP contribution is -1.71. The molecule has 0 N–H and O–H groups in total. The van der Waals surface area contributed by atoms with Crippen LogP contribution in [0.5, 0.6) is 0 Å². The molecule has 17 heavy (non-hydrogen) atoms. The van der Waals surface area contributed by atoms with Gasteiger partial charge in [0.05, 0.1) is 15.1 Å². The molecular weight excluding hydrogens is 302 g/mol. The first-order valence-corrected chi connectivity index (χ1v) is 6.24. The lowest BCUT2D eigenvalue weighted by molar-refractivity contribution is 0.669. The van der Waals surface area contributed by atoms with Crippen LogP contribution in [0.4, 0.5) is 0 Å². The van der Waals surface area contributed by atoms with Crippen molar-refractivity contribution in [2.75, 3.05) is 0 Å². The molecule has 0 aliphatic carbocycles. The van der Waals surface area contributed by atoms with Gasteiger partial charge in [0.1, 0.15) is 5.58 Å². The minimum Gasteiger partial charge on any atom is -0.454 e. The van der Waals surface area contributed by atoms with Gasteiger partial charge in [-0.2, -0.15) is 0 Å². The highest BCUT2D eigenvalue weighted by Gasteiger charge is 2.13. The molecule has 86 valence electrons. The molecule has 1 aromatic heterocycles. The summed E-state index contributed by atoms with van der Waals surface area (Å²) in [7, 11) is 0. The summed E-state index contributed by atoms with van der Waals surface area (Å²) in [5, 5.41) is 3.61. The van der Waals surface area contributed by atoms with Crippen molar-refractivity contribution in [3.8, 4) is 0 Å². The van der Waals surface area contributed by atoms with E-state index in [1.807, 2.05) is 0 Å². The molecule has 0 unspecified atom stereocenters. The fourth-order valence-corrected chi connectivity index (χ4v) is 2.65. The van der Waals surface area contributed by atoms with Gasteiger partial charge in [-0.3, -0.25) is 0 Å². The molecule has 3 aromatic rings. The Bertz CT molecular complexity index is 745. The second-order valence-electron chi connectivity index (χ2n) is 3.63. The Morgan fingerprint density at radius 2 is 1.41 bits per heavy atom. The molecule has 0 saturated carbocycles. The topological polar surface area (TPSA) is 13.1 Å². The number of fused-ring (bicyclic) bond motifs is 3. The van der Waals surface area contributed by atoms with Crippen LogP contribution in [0.3, 0.4) is 0 Å². The minimum atomic E-state index is 0.445. The van der Waals surface area contributed by atoms with Crippen LogP contribution in [-0.4, -0.2) is 0 Å².